The standard InChI is InChI=1S/C18H12ClNO2S/c1-22-13-9-12(19)16-15(14(13)10-5-3-2-4-6-10)11-7-8-23-17(11)18(21)20-16/h2-9H,1H3,(H,20,21). The number of hydrogen-bond acceptors (Lipinski definition) is 3. The van der Waals surface area contributed by atoms with E-state index in [0.29, 0.717) is 21.0 Å². The van der Waals surface area contributed by atoms with Crippen molar-refractivity contribution in [2.45, 2.75) is 0 Å². The van der Waals surface area contributed by atoms with E-state index in [4.69, 9.17) is 16.3 Å². The Balaban J connectivity index is 2.30. The minimum absolute atomic E-state index is 0.117. The maximum absolute atomic E-state index is 12.3. The first-order chi connectivity index (χ1) is 11.2. The zero-order chi connectivity index (χ0) is 16.0. The summed E-state index contributed by atoms with van der Waals surface area (Å²) in [7, 11) is 1.63. The molecule has 3 nitrogen and oxygen atoms in total. The van der Waals surface area contributed by atoms with Gasteiger partial charge in [-0.15, -0.1) is 11.3 Å². The Bertz CT molecular complexity index is 1080. The monoisotopic (exact) mass is 341 g/mol. The van der Waals surface area contributed by atoms with Crippen LogP contribution in [0.25, 0.3) is 32.1 Å². The number of nitrogens with one attached hydrogen (secondary N) is 1. The molecule has 2 aromatic carbocycles. The molecule has 1 N–H and O–H groups in total. The van der Waals surface area contributed by atoms with Crippen LogP contribution in [0, 0.1) is 0 Å². The van der Waals surface area contributed by atoms with E-state index < -0.39 is 0 Å². The van der Waals surface area contributed by atoms with Crippen LogP contribution in [0.15, 0.2) is 52.6 Å². The molecule has 0 aliphatic rings. The van der Waals surface area contributed by atoms with Gasteiger partial charge in [-0.25, -0.2) is 0 Å². The largest absolute Gasteiger partial charge is 0.496 e. The summed E-state index contributed by atoms with van der Waals surface area (Å²) in [6.45, 7) is 0. The molecule has 0 aliphatic heterocycles. The molecule has 0 atom stereocenters. The van der Waals surface area contributed by atoms with Gasteiger partial charge in [0.05, 0.1) is 17.6 Å². The molecule has 2 heterocycles. The molecular formula is C18H12ClNO2S. The highest BCUT2D eigenvalue weighted by Gasteiger charge is 2.18. The quantitative estimate of drug-likeness (QED) is 0.553. The highest BCUT2D eigenvalue weighted by atomic mass is 35.5. The number of ether oxygens (including phenoxy) is 1. The topological polar surface area (TPSA) is 42.1 Å². The molecule has 0 radical (unpaired) electrons. The molecule has 4 rings (SSSR count). The van der Waals surface area contributed by atoms with Crippen LogP contribution in [0.1, 0.15) is 0 Å². The van der Waals surface area contributed by atoms with E-state index in [0.717, 1.165) is 21.9 Å². The van der Waals surface area contributed by atoms with Crippen molar-refractivity contribution in [3.63, 3.8) is 0 Å². The molecule has 114 valence electrons. The number of fused-ring (bicyclic) bond motifs is 3. The number of H-pyrrole nitrogens is 1. The van der Waals surface area contributed by atoms with Gasteiger partial charge in [-0.05, 0) is 17.0 Å². The smallest absolute Gasteiger partial charge is 0.266 e. The summed E-state index contributed by atoms with van der Waals surface area (Å²) in [6.07, 6.45) is 0. The molecular weight excluding hydrogens is 330 g/mol. The SMILES string of the molecule is COc1cc(Cl)c2[nH]c(=O)c3sccc3c2c1-c1ccccc1. The fourth-order valence-corrected chi connectivity index (χ4v) is 3.96. The lowest BCUT2D eigenvalue weighted by Crippen LogP contribution is -2.05. The second kappa shape index (κ2) is 5.41. The van der Waals surface area contributed by atoms with Crippen molar-refractivity contribution in [2.24, 2.45) is 0 Å². The minimum Gasteiger partial charge on any atom is -0.496 e. The molecule has 0 aliphatic carbocycles. The minimum atomic E-state index is -0.117. The summed E-state index contributed by atoms with van der Waals surface area (Å²) in [4.78, 5) is 15.2. The van der Waals surface area contributed by atoms with E-state index in [-0.39, 0.29) is 5.56 Å². The average Bonchev–Trinajstić information content (AvgIpc) is 3.06. The van der Waals surface area contributed by atoms with Gasteiger partial charge in [0.2, 0.25) is 0 Å². The fraction of sp³-hybridized carbons (Fsp3) is 0.0556. The van der Waals surface area contributed by atoms with Gasteiger partial charge in [-0.3, -0.25) is 4.79 Å². The Hall–Kier alpha value is -2.30. The van der Waals surface area contributed by atoms with Gasteiger partial charge < -0.3 is 9.72 Å². The molecule has 23 heavy (non-hydrogen) atoms. The van der Waals surface area contributed by atoms with E-state index in [2.05, 4.69) is 4.98 Å². The fourth-order valence-electron chi connectivity index (χ4n) is 2.92. The van der Waals surface area contributed by atoms with Crippen LogP contribution in [0.4, 0.5) is 0 Å². The Labute approximate surface area is 141 Å². The van der Waals surface area contributed by atoms with Crippen LogP contribution in [0.5, 0.6) is 5.75 Å². The van der Waals surface area contributed by atoms with E-state index in [9.17, 15) is 4.79 Å². The first kappa shape index (κ1) is 14.3. The number of aromatic amines is 1. The highest BCUT2D eigenvalue weighted by Crippen LogP contribution is 2.42. The van der Waals surface area contributed by atoms with Crippen molar-refractivity contribution < 1.29 is 4.74 Å². The van der Waals surface area contributed by atoms with Crippen LogP contribution in [0.3, 0.4) is 0 Å². The Morgan fingerprint density at radius 2 is 1.96 bits per heavy atom. The first-order valence-corrected chi connectivity index (χ1v) is 8.31. The van der Waals surface area contributed by atoms with Crippen LogP contribution >= 0.6 is 22.9 Å². The molecule has 0 saturated carbocycles. The van der Waals surface area contributed by atoms with Gasteiger partial charge in [-0.1, -0.05) is 41.9 Å². The molecule has 0 amide bonds. The molecule has 0 saturated heterocycles. The summed E-state index contributed by atoms with van der Waals surface area (Å²) in [6, 6.07) is 13.7. The van der Waals surface area contributed by atoms with Gasteiger partial charge in [0.15, 0.2) is 0 Å². The van der Waals surface area contributed by atoms with Crippen molar-refractivity contribution in [1.82, 2.24) is 4.98 Å². The van der Waals surface area contributed by atoms with Gasteiger partial charge in [0.25, 0.3) is 5.56 Å². The van der Waals surface area contributed by atoms with Gasteiger partial charge in [0.1, 0.15) is 10.4 Å². The second-order valence-electron chi connectivity index (χ2n) is 5.17. The summed E-state index contributed by atoms with van der Waals surface area (Å²) >= 11 is 7.82. The second-order valence-corrected chi connectivity index (χ2v) is 6.49. The van der Waals surface area contributed by atoms with Crippen LogP contribution in [-0.4, -0.2) is 12.1 Å². The molecule has 0 fully saturated rings. The summed E-state index contributed by atoms with van der Waals surface area (Å²) in [5, 5.41) is 4.20. The van der Waals surface area contributed by atoms with Crippen LogP contribution < -0.4 is 10.3 Å². The maximum atomic E-state index is 12.3. The number of thiophene rings is 1. The maximum Gasteiger partial charge on any atom is 0.266 e. The van der Waals surface area contributed by atoms with E-state index in [1.54, 1.807) is 13.2 Å². The van der Waals surface area contributed by atoms with Gasteiger partial charge >= 0.3 is 0 Å². The third kappa shape index (κ3) is 2.14. The summed E-state index contributed by atoms with van der Waals surface area (Å²) in [5.74, 6) is 0.688. The molecule has 0 bridgehead atoms. The van der Waals surface area contributed by atoms with Gasteiger partial charge in [0, 0.05) is 22.4 Å². The molecule has 5 heteroatoms. The lowest BCUT2D eigenvalue weighted by Gasteiger charge is -2.14. The van der Waals surface area contributed by atoms with E-state index >= 15 is 0 Å². The van der Waals surface area contributed by atoms with Crippen LogP contribution in [0.2, 0.25) is 5.02 Å². The van der Waals surface area contributed by atoms with Gasteiger partial charge in [-0.2, -0.15) is 0 Å². The predicted molar refractivity (Wildman–Crippen MR) is 96.9 cm³/mol. The molecule has 4 aromatic rings. The number of rotatable bonds is 2. The van der Waals surface area contributed by atoms with Crippen molar-refractivity contribution >= 4 is 43.9 Å². The van der Waals surface area contributed by atoms with Crippen molar-refractivity contribution in [1.29, 1.82) is 0 Å². The first-order valence-electron chi connectivity index (χ1n) is 7.06. The zero-order valence-electron chi connectivity index (χ0n) is 12.2. The molecule has 0 unspecified atom stereocenters. The molecule has 2 aromatic heterocycles. The number of pyridine rings is 1. The number of halogens is 1. The molecule has 0 spiro atoms. The van der Waals surface area contributed by atoms with Crippen molar-refractivity contribution in [3.05, 3.63) is 63.2 Å². The third-order valence-corrected chi connectivity index (χ3v) is 5.12. The van der Waals surface area contributed by atoms with Crippen LogP contribution in [-0.2, 0) is 0 Å². The Kier molecular flexibility index (Phi) is 3.36. The lowest BCUT2D eigenvalue weighted by atomic mass is 9.97. The average molecular weight is 342 g/mol. The Morgan fingerprint density at radius 1 is 1.17 bits per heavy atom. The number of hydrogen-bond donors (Lipinski definition) is 1. The van der Waals surface area contributed by atoms with Crippen molar-refractivity contribution in [3.8, 4) is 16.9 Å². The summed E-state index contributed by atoms with van der Waals surface area (Å²) in [5.41, 5.74) is 2.48. The normalized spacial score (nSPS) is 11.2. The Morgan fingerprint density at radius 3 is 2.70 bits per heavy atom. The lowest BCUT2D eigenvalue weighted by molar-refractivity contribution is 0.417. The van der Waals surface area contributed by atoms with E-state index in [1.165, 1.54) is 11.3 Å². The summed E-state index contributed by atoms with van der Waals surface area (Å²) < 4.78 is 6.26. The highest BCUT2D eigenvalue weighted by molar-refractivity contribution is 7.17. The number of methoxy groups -OCH3 is 1. The number of benzene rings is 2. The predicted octanol–water partition coefficient (Wildman–Crippen LogP) is 5.07. The zero-order valence-corrected chi connectivity index (χ0v) is 13.8. The number of aromatic nitrogens is 1. The van der Waals surface area contributed by atoms with Crippen molar-refractivity contribution in [2.75, 3.05) is 7.11 Å². The third-order valence-electron chi connectivity index (χ3n) is 3.90. The van der Waals surface area contributed by atoms with E-state index in [1.807, 2.05) is 41.8 Å².